The number of nitrogens with one attached hydrogen (secondary N) is 1. The van der Waals surface area contributed by atoms with Crippen LogP contribution in [0.1, 0.15) is 17.2 Å². The van der Waals surface area contributed by atoms with Crippen LogP contribution in [-0.2, 0) is 7.05 Å². The molecule has 1 heterocycles. The second-order valence-electron chi connectivity index (χ2n) is 3.95. The molecule has 1 unspecified atom stereocenters. The molecular weight excluding hydrogens is 304 g/mol. The van der Waals surface area contributed by atoms with Crippen molar-refractivity contribution in [1.82, 2.24) is 15.1 Å². The van der Waals surface area contributed by atoms with Crippen molar-refractivity contribution in [2.75, 3.05) is 7.05 Å². The van der Waals surface area contributed by atoms with Crippen molar-refractivity contribution in [3.63, 3.8) is 0 Å². The summed E-state index contributed by atoms with van der Waals surface area (Å²) in [5, 5.41) is 6.91. The second kappa shape index (κ2) is 5.16. The Morgan fingerprint density at radius 2 is 1.94 bits per heavy atom. The molecule has 0 fully saturated rings. The van der Waals surface area contributed by atoms with Crippen molar-refractivity contribution in [3.05, 3.63) is 51.8 Å². The summed E-state index contributed by atoms with van der Waals surface area (Å²) >= 11 is 3.06. The standard InChI is InChI=1S/C12H12BrF2N3/c1-16-12(7-5-17-18(2)6-7)11-9(14)3-8(13)4-10(11)15/h3-6,12,16H,1-2H3. The van der Waals surface area contributed by atoms with Crippen LogP contribution >= 0.6 is 15.9 Å². The molecule has 0 spiro atoms. The molecule has 3 nitrogen and oxygen atoms in total. The monoisotopic (exact) mass is 315 g/mol. The van der Waals surface area contributed by atoms with Gasteiger partial charge < -0.3 is 5.32 Å². The van der Waals surface area contributed by atoms with Gasteiger partial charge in [0.05, 0.1) is 12.2 Å². The molecule has 1 atom stereocenters. The van der Waals surface area contributed by atoms with Gasteiger partial charge in [0, 0.05) is 28.8 Å². The molecule has 2 rings (SSSR count). The number of benzene rings is 1. The van der Waals surface area contributed by atoms with E-state index < -0.39 is 17.7 Å². The highest BCUT2D eigenvalue weighted by molar-refractivity contribution is 9.10. The Morgan fingerprint density at radius 1 is 1.33 bits per heavy atom. The molecular formula is C12H12BrF2N3. The number of nitrogens with zero attached hydrogens (tertiary/aromatic N) is 2. The van der Waals surface area contributed by atoms with Crippen LogP contribution in [0.25, 0.3) is 0 Å². The topological polar surface area (TPSA) is 29.9 Å². The number of hydrogen-bond donors (Lipinski definition) is 1. The maximum Gasteiger partial charge on any atom is 0.132 e. The van der Waals surface area contributed by atoms with Crippen molar-refractivity contribution in [1.29, 1.82) is 0 Å². The van der Waals surface area contributed by atoms with Gasteiger partial charge in [-0.1, -0.05) is 15.9 Å². The number of halogens is 3. The Morgan fingerprint density at radius 3 is 2.39 bits per heavy atom. The average Bonchev–Trinajstić information content (AvgIpc) is 2.69. The summed E-state index contributed by atoms with van der Waals surface area (Å²) in [5.74, 6) is -1.19. The van der Waals surface area contributed by atoms with Crippen LogP contribution in [-0.4, -0.2) is 16.8 Å². The Kier molecular flexibility index (Phi) is 3.77. The summed E-state index contributed by atoms with van der Waals surface area (Å²) < 4.78 is 29.8. The van der Waals surface area contributed by atoms with Gasteiger partial charge in [0.25, 0.3) is 0 Å². The smallest absolute Gasteiger partial charge is 0.132 e. The van der Waals surface area contributed by atoms with Gasteiger partial charge in [0.15, 0.2) is 0 Å². The molecule has 0 bridgehead atoms. The third-order valence-electron chi connectivity index (χ3n) is 2.68. The highest BCUT2D eigenvalue weighted by Crippen LogP contribution is 2.28. The Hall–Kier alpha value is -1.27. The molecule has 0 aliphatic heterocycles. The molecule has 0 saturated heterocycles. The molecule has 1 aromatic carbocycles. The first kappa shape index (κ1) is 13.2. The molecule has 0 aliphatic rings. The van der Waals surface area contributed by atoms with Gasteiger partial charge in [-0.05, 0) is 19.2 Å². The zero-order valence-corrected chi connectivity index (χ0v) is 11.5. The van der Waals surface area contributed by atoms with Gasteiger partial charge in [-0.15, -0.1) is 0 Å². The third kappa shape index (κ3) is 2.44. The minimum atomic E-state index is -0.593. The Labute approximate surface area is 112 Å². The van der Waals surface area contributed by atoms with E-state index in [1.54, 1.807) is 31.2 Å². The Balaban J connectivity index is 2.51. The molecule has 1 aromatic heterocycles. The molecule has 0 radical (unpaired) electrons. The van der Waals surface area contributed by atoms with E-state index in [2.05, 4.69) is 26.3 Å². The lowest BCUT2D eigenvalue weighted by Crippen LogP contribution is -2.20. The maximum absolute atomic E-state index is 13.9. The molecule has 2 aromatic rings. The number of rotatable bonds is 3. The van der Waals surface area contributed by atoms with E-state index in [1.165, 1.54) is 12.1 Å². The average molecular weight is 316 g/mol. The van der Waals surface area contributed by atoms with E-state index in [9.17, 15) is 8.78 Å². The van der Waals surface area contributed by atoms with Gasteiger partial charge in [-0.25, -0.2) is 8.78 Å². The first-order chi connectivity index (χ1) is 8.52. The number of hydrogen-bond acceptors (Lipinski definition) is 2. The minimum absolute atomic E-state index is 0.00583. The highest BCUT2D eigenvalue weighted by atomic mass is 79.9. The fourth-order valence-electron chi connectivity index (χ4n) is 1.90. The zero-order valence-electron chi connectivity index (χ0n) is 9.92. The quantitative estimate of drug-likeness (QED) is 0.944. The van der Waals surface area contributed by atoms with Gasteiger partial charge in [-0.2, -0.15) is 5.10 Å². The van der Waals surface area contributed by atoms with Gasteiger partial charge in [0.2, 0.25) is 0 Å². The summed E-state index contributed by atoms with van der Waals surface area (Å²) in [5.41, 5.74) is 0.703. The predicted molar refractivity (Wildman–Crippen MR) is 68.2 cm³/mol. The van der Waals surface area contributed by atoms with Crippen molar-refractivity contribution in [2.45, 2.75) is 6.04 Å². The largest absolute Gasteiger partial charge is 0.309 e. The van der Waals surface area contributed by atoms with Gasteiger partial charge in [-0.3, -0.25) is 4.68 Å². The van der Waals surface area contributed by atoms with Crippen LogP contribution < -0.4 is 5.32 Å². The molecule has 0 saturated carbocycles. The number of aromatic nitrogens is 2. The van der Waals surface area contributed by atoms with E-state index in [4.69, 9.17) is 0 Å². The molecule has 18 heavy (non-hydrogen) atoms. The fraction of sp³-hybridized carbons (Fsp3) is 0.250. The first-order valence-electron chi connectivity index (χ1n) is 5.33. The molecule has 96 valence electrons. The zero-order chi connectivity index (χ0) is 13.3. The van der Waals surface area contributed by atoms with Crippen LogP contribution in [0.5, 0.6) is 0 Å². The lowest BCUT2D eigenvalue weighted by molar-refractivity contribution is 0.521. The minimum Gasteiger partial charge on any atom is -0.309 e. The van der Waals surface area contributed by atoms with Crippen LogP contribution in [0.4, 0.5) is 8.78 Å². The summed E-state index contributed by atoms with van der Waals surface area (Å²) in [6.07, 6.45) is 3.31. The van der Waals surface area contributed by atoms with Crippen molar-refractivity contribution >= 4 is 15.9 Å². The van der Waals surface area contributed by atoms with Crippen molar-refractivity contribution in [3.8, 4) is 0 Å². The van der Waals surface area contributed by atoms with E-state index >= 15 is 0 Å². The Bertz CT molecular complexity index is 545. The molecule has 0 aliphatic carbocycles. The van der Waals surface area contributed by atoms with Gasteiger partial charge in [0.1, 0.15) is 11.6 Å². The van der Waals surface area contributed by atoms with Crippen LogP contribution in [0, 0.1) is 11.6 Å². The molecule has 6 heteroatoms. The van der Waals surface area contributed by atoms with Crippen LogP contribution in [0.2, 0.25) is 0 Å². The van der Waals surface area contributed by atoms with E-state index in [0.717, 1.165) is 0 Å². The summed E-state index contributed by atoms with van der Waals surface area (Å²) in [6, 6.07) is 1.94. The van der Waals surface area contributed by atoms with Crippen molar-refractivity contribution < 1.29 is 8.78 Å². The summed E-state index contributed by atoms with van der Waals surface area (Å²) in [7, 11) is 3.41. The van der Waals surface area contributed by atoms with E-state index in [0.29, 0.717) is 10.0 Å². The van der Waals surface area contributed by atoms with E-state index in [-0.39, 0.29) is 5.56 Å². The van der Waals surface area contributed by atoms with Crippen LogP contribution in [0.15, 0.2) is 29.0 Å². The first-order valence-corrected chi connectivity index (χ1v) is 6.12. The molecule has 0 amide bonds. The normalized spacial score (nSPS) is 12.7. The SMILES string of the molecule is CNC(c1cnn(C)c1)c1c(F)cc(Br)cc1F. The maximum atomic E-state index is 13.9. The summed E-state index contributed by atoms with van der Waals surface area (Å²) in [6.45, 7) is 0. The highest BCUT2D eigenvalue weighted by Gasteiger charge is 2.22. The van der Waals surface area contributed by atoms with Crippen LogP contribution in [0.3, 0.4) is 0 Å². The lowest BCUT2D eigenvalue weighted by atomic mass is 10.0. The third-order valence-corrected chi connectivity index (χ3v) is 3.14. The fourth-order valence-corrected chi connectivity index (χ4v) is 2.30. The predicted octanol–water partition coefficient (Wildman–Crippen LogP) is 2.77. The molecule has 1 N–H and O–H groups in total. The lowest BCUT2D eigenvalue weighted by Gasteiger charge is -2.16. The van der Waals surface area contributed by atoms with Gasteiger partial charge >= 0.3 is 0 Å². The number of aryl methyl sites for hydroxylation is 1. The summed E-state index contributed by atoms with van der Waals surface area (Å²) in [4.78, 5) is 0. The van der Waals surface area contributed by atoms with Crippen molar-refractivity contribution in [2.24, 2.45) is 7.05 Å². The second-order valence-corrected chi connectivity index (χ2v) is 4.87. The van der Waals surface area contributed by atoms with E-state index in [1.807, 2.05) is 0 Å².